The highest BCUT2D eigenvalue weighted by molar-refractivity contribution is 6.02. The molecule has 1 aliphatic rings. The molecule has 0 radical (unpaired) electrons. The minimum absolute atomic E-state index is 0.194. The molecule has 2 amide bonds. The molecular weight excluding hydrogens is 230 g/mol. The molecule has 1 atom stereocenters. The molecule has 4 heteroatoms. The van der Waals surface area contributed by atoms with Crippen LogP contribution in [0, 0.1) is 6.92 Å². The SMILES string of the molecule is Cc1cccc2c(C3CCC(=O)NC3=O)coc12. The van der Waals surface area contributed by atoms with E-state index < -0.39 is 0 Å². The van der Waals surface area contributed by atoms with Crippen molar-refractivity contribution in [2.45, 2.75) is 25.7 Å². The van der Waals surface area contributed by atoms with Crippen molar-refractivity contribution in [1.82, 2.24) is 5.32 Å². The third-order valence-corrected chi connectivity index (χ3v) is 3.44. The van der Waals surface area contributed by atoms with Crippen LogP contribution in [0.5, 0.6) is 0 Å². The van der Waals surface area contributed by atoms with Crippen LogP contribution >= 0.6 is 0 Å². The molecule has 0 bridgehead atoms. The van der Waals surface area contributed by atoms with E-state index in [-0.39, 0.29) is 17.7 Å². The molecule has 4 nitrogen and oxygen atoms in total. The van der Waals surface area contributed by atoms with Gasteiger partial charge in [-0.25, -0.2) is 0 Å². The van der Waals surface area contributed by atoms with E-state index in [1.807, 2.05) is 25.1 Å². The highest BCUT2D eigenvalue weighted by atomic mass is 16.3. The Hall–Kier alpha value is -2.10. The number of amides is 2. The molecule has 1 aromatic carbocycles. The van der Waals surface area contributed by atoms with E-state index in [0.717, 1.165) is 22.1 Å². The number of carbonyl (C=O) groups excluding carboxylic acids is 2. The van der Waals surface area contributed by atoms with Crippen molar-refractivity contribution < 1.29 is 14.0 Å². The molecule has 1 aromatic heterocycles. The van der Waals surface area contributed by atoms with Crippen LogP contribution in [0.1, 0.15) is 29.9 Å². The average Bonchev–Trinajstić information content (AvgIpc) is 2.74. The lowest BCUT2D eigenvalue weighted by Gasteiger charge is -2.19. The Labute approximate surface area is 104 Å². The summed E-state index contributed by atoms with van der Waals surface area (Å²) in [5.74, 6) is -0.707. The van der Waals surface area contributed by atoms with Crippen LogP contribution in [0.4, 0.5) is 0 Å². The standard InChI is InChI=1S/C14H13NO3/c1-8-3-2-4-9-11(7-18-13(8)9)10-5-6-12(16)15-14(10)17/h2-4,7,10H,5-6H2,1H3,(H,15,16,17). The minimum atomic E-state index is -0.286. The summed E-state index contributed by atoms with van der Waals surface area (Å²) in [7, 11) is 0. The number of carbonyl (C=O) groups is 2. The van der Waals surface area contributed by atoms with Crippen LogP contribution in [0.15, 0.2) is 28.9 Å². The van der Waals surface area contributed by atoms with Crippen molar-refractivity contribution >= 4 is 22.8 Å². The molecule has 1 saturated heterocycles. The van der Waals surface area contributed by atoms with Crippen molar-refractivity contribution in [3.8, 4) is 0 Å². The topological polar surface area (TPSA) is 59.3 Å². The van der Waals surface area contributed by atoms with E-state index in [9.17, 15) is 9.59 Å². The first-order valence-corrected chi connectivity index (χ1v) is 5.97. The van der Waals surface area contributed by atoms with Crippen molar-refractivity contribution in [2.24, 2.45) is 0 Å². The van der Waals surface area contributed by atoms with Gasteiger partial charge in [-0.2, -0.15) is 0 Å². The summed E-state index contributed by atoms with van der Waals surface area (Å²) in [6.45, 7) is 1.97. The third kappa shape index (κ3) is 1.61. The fourth-order valence-electron chi connectivity index (χ4n) is 2.48. The quantitative estimate of drug-likeness (QED) is 0.781. The Balaban J connectivity index is 2.07. The van der Waals surface area contributed by atoms with Gasteiger partial charge < -0.3 is 4.42 Å². The number of nitrogens with one attached hydrogen (secondary N) is 1. The molecule has 18 heavy (non-hydrogen) atoms. The lowest BCUT2D eigenvalue weighted by molar-refractivity contribution is -0.134. The van der Waals surface area contributed by atoms with E-state index in [4.69, 9.17) is 4.42 Å². The molecule has 2 heterocycles. The van der Waals surface area contributed by atoms with Gasteiger partial charge in [0.05, 0.1) is 12.2 Å². The van der Waals surface area contributed by atoms with Gasteiger partial charge in [0.2, 0.25) is 11.8 Å². The monoisotopic (exact) mass is 243 g/mol. The Bertz CT molecular complexity index is 642. The Morgan fingerprint density at radius 1 is 1.33 bits per heavy atom. The summed E-state index contributed by atoms with van der Waals surface area (Å²) in [6, 6.07) is 5.87. The van der Waals surface area contributed by atoms with Gasteiger partial charge in [0.25, 0.3) is 0 Å². The fourth-order valence-corrected chi connectivity index (χ4v) is 2.48. The van der Waals surface area contributed by atoms with Crippen LogP contribution in [0.2, 0.25) is 0 Å². The third-order valence-electron chi connectivity index (χ3n) is 3.44. The summed E-state index contributed by atoms with van der Waals surface area (Å²) < 4.78 is 5.54. The maximum absolute atomic E-state index is 11.9. The summed E-state index contributed by atoms with van der Waals surface area (Å²) in [4.78, 5) is 23.0. The van der Waals surface area contributed by atoms with Gasteiger partial charge in [-0.05, 0) is 18.9 Å². The number of fused-ring (bicyclic) bond motifs is 1. The van der Waals surface area contributed by atoms with Gasteiger partial charge in [-0.3, -0.25) is 14.9 Å². The van der Waals surface area contributed by atoms with Gasteiger partial charge in [0, 0.05) is 17.4 Å². The average molecular weight is 243 g/mol. The number of piperidine rings is 1. The predicted molar refractivity (Wildman–Crippen MR) is 66.1 cm³/mol. The van der Waals surface area contributed by atoms with Crippen molar-refractivity contribution in [2.75, 3.05) is 0 Å². The van der Waals surface area contributed by atoms with Gasteiger partial charge in [0.1, 0.15) is 5.58 Å². The molecule has 3 rings (SSSR count). The number of benzene rings is 1. The number of para-hydroxylation sites is 1. The van der Waals surface area contributed by atoms with Crippen LogP contribution in [0.25, 0.3) is 11.0 Å². The second kappa shape index (κ2) is 3.98. The second-order valence-corrected chi connectivity index (χ2v) is 4.65. The lowest BCUT2D eigenvalue weighted by atomic mass is 9.90. The van der Waals surface area contributed by atoms with Crippen LogP contribution in [-0.2, 0) is 9.59 Å². The van der Waals surface area contributed by atoms with Crippen molar-refractivity contribution in [1.29, 1.82) is 0 Å². The van der Waals surface area contributed by atoms with Crippen LogP contribution < -0.4 is 5.32 Å². The predicted octanol–water partition coefficient (Wildman–Crippen LogP) is 2.26. The minimum Gasteiger partial charge on any atom is -0.464 e. The highest BCUT2D eigenvalue weighted by Crippen LogP contribution is 2.33. The largest absolute Gasteiger partial charge is 0.464 e. The van der Waals surface area contributed by atoms with Crippen molar-refractivity contribution in [3.63, 3.8) is 0 Å². The number of hydrogen-bond donors (Lipinski definition) is 1. The smallest absolute Gasteiger partial charge is 0.234 e. The molecule has 0 spiro atoms. The number of imide groups is 1. The Kier molecular flexibility index (Phi) is 2.44. The van der Waals surface area contributed by atoms with E-state index in [1.54, 1.807) is 6.26 Å². The Morgan fingerprint density at radius 2 is 2.17 bits per heavy atom. The number of rotatable bonds is 1. The zero-order chi connectivity index (χ0) is 12.7. The summed E-state index contributed by atoms with van der Waals surface area (Å²) >= 11 is 0. The number of aryl methyl sites for hydroxylation is 1. The van der Waals surface area contributed by atoms with Gasteiger partial charge in [-0.1, -0.05) is 18.2 Å². The van der Waals surface area contributed by atoms with Gasteiger partial charge in [-0.15, -0.1) is 0 Å². The summed E-state index contributed by atoms with van der Waals surface area (Å²) in [5, 5.41) is 3.34. The summed E-state index contributed by atoms with van der Waals surface area (Å²) in [5.41, 5.74) is 2.74. The van der Waals surface area contributed by atoms with E-state index in [0.29, 0.717) is 12.8 Å². The first-order valence-electron chi connectivity index (χ1n) is 5.97. The molecule has 0 saturated carbocycles. The molecular formula is C14H13NO3. The van der Waals surface area contributed by atoms with E-state index >= 15 is 0 Å². The first kappa shape index (κ1) is 11.0. The highest BCUT2D eigenvalue weighted by Gasteiger charge is 2.30. The van der Waals surface area contributed by atoms with Crippen LogP contribution in [0.3, 0.4) is 0 Å². The maximum Gasteiger partial charge on any atom is 0.234 e. The van der Waals surface area contributed by atoms with E-state index in [1.165, 1.54) is 0 Å². The molecule has 2 aromatic rings. The second-order valence-electron chi connectivity index (χ2n) is 4.65. The molecule has 92 valence electrons. The van der Waals surface area contributed by atoms with Crippen LogP contribution in [-0.4, -0.2) is 11.8 Å². The zero-order valence-electron chi connectivity index (χ0n) is 10.0. The molecule has 1 fully saturated rings. The normalized spacial score (nSPS) is 20.2. The maximum atomic E-state index is 11.9. The first-order chi connectivity index (χ1) is 8.66. The Morgan fingerprint density at radius 3 is 2.94 bits per heavy atom. The molecule has 1 aliphatic heterocycles. The number of hydrogen-bond acceptors (Lipinski definition) is 3. The van der Waals surface area contributed by atoms with Crippen molar-refractivity contribution in [3.05, 3.63) is 35.6 Å². The number of furan rings is 1. The molecule has 1 unspecified atom stereocenters. The zero-order valence-corrected chi connectivity index (χ0v) is 10.0. The summed E-state index contributed by atoms with van der Waals surface area (Å²) in [6.07, 6.45) is 2.57. The fraction of sp³-hybridized carbons (Fsp3) is 0.286. The van der Waals surface area contributed by atoms with Gasteiger partial charge >= 0.3 is 0 Å². The van der Waals surface area contributed by atoms with Gasteiger partial charge in [0.15, 0.2) is 0 Å². The van der Waals surface area contributed by atoms with E-state index in [2.05, 4.69) is 5.32 Å². The lowest BCUT2D eigenvalue weighted by Crippen LogP contribution is -2.39. The molecule has 1 N–H and O–H groups in total. The molecule has 0 aliphatic carbocycles.